The topological polar surface area (TPSA) is 30.0 Å². The van der Waals surface area contributed by atoms with Crippen LogP contribution in [0.15, 0.2) is 6.07 Å². The Morgan fingerprint density at radius 3 is 2.65 bits per heavy atom. The van der Waals surface area contributed by atoms with Crippen LogP contribution in [0, 0.1) is 0 Å². The molecule has 2 nitrogen and oxygen atoms in total. The summed E-state index contributed by atoms with van der Waals surface area (Å²) >= 11 is 7.23. The number of rotatable bonds is 1. The molecule has 4 heteroatoms. The zero-order valence-electron chi connectivity index (χ0n) is 12.0. The maximum atomic E-state index is 11.8. The summed E-state index contributed by atoms with van der Waals surface area (Å²) in [7, 11) is 0. The summed E-state index contributed by atoms with van der Waals surface area (Å²) in [4.78, 5) is 18.2. The highest BCUT2D eigenvalue weighted by molar-refractivity contribution is 7.22. The lowest BCUT2D eigenvalue weighted by Gasteiger charge is -2.20. The number of thiophene rings is 1. The lowest BCUT2D eigenvalue weighted by Crippen LogP contribution is -2.14. The predicted octanol–water partition coefficient (Wildman–Crippen LogP) is 4.85. The second-order valence-electron chi connectivity index (χ2n) is 6.48. The second kappa shape index (κ2) is 4.81. The van der Waals surface area contributed by atoms with Gasteiger partial charge in [-0.3, -0.25) is 4.79 Å². The lowest BCUT2D eigenvalue weighted by atomic mass is 9.84. The minimum atomic E-state index is -0.365. The van der Waals surface area contributed by atoms with Gasteiger partial charge in [-0.15, -0.1) is 11.3 Å². The molecule has 0 N–H and O–H groups in total. The van der Waals surface area contributed by atoms with Crippen LogP contribution in [0.25, 0.3) is 10.2 Å². The van der Waals surface area contributed by atoms with Gasteiger partial charge in [-0.1, -0.05) is 20.8 Å². The highest BCUT2D eigenvalue weighted by Crippen LogP contribution is 2.40. The molecule has 0 spiro atoms. The zero-order chi connectivity index (χ0) is 14.5. The number of aromatic nitrogens is 1. The predicted molar refractivity (Wildman–Crippen MR) is 85.1 cm³/mol. The van der Waals surface area contributed by atoms with Crippen LogP contribution >= 0.6 is 22.9 Å². The third-order valence-corrected chi connectivity index (χ3v) is 5.29. The van der Waals surface area contributed by atoms with E-state index in [1.165, 1.54) is 35.4 Å². The molecule has 2 aromatic heterocycles. The van der Waals surface area contributed by atoms with Crippen LogP contribution in [0.2, 0.25) is 0 Å². The Morgan fingerprint density at radius 1 is 1.30 bits per heavy atom. The molecule has 0 amide bonds. The molecule has 2 heterocycles. The first-order valence-electron chi connectivity index (χ1n) is 7.03. The fourth-order valence-electron chi connectivity index (χ4n) is 3.02. The van der Waals surface area contributed by atoms with Crippen LogP contribution < -0.4 is 0 Å². The first kappa shape index (κ1) is 14.0. The molecule has 106 valence electrons. The molecule has 0 radical (unpaired) electrons. The lowest BCUT2D eigenvalue weighted by molar-refractivity contribution is 0.108. The van der Waals surface area contributed by atoms with Crippen molar-refractivity contribution in [2.75, 3.05) is 0 Å². The third-order valence-electron chi connectivity index (χ3n) is 3.89. The Balaban J connectivity index is 2.33. The van der Waals surface area contributed by atoms with Crippen molar-refractivity contribution in [2.45, 2.75) is 51.9 Å². The number of hydrogen-bond donors (Lipinski definition) is 0. The summed E-state index contributed by atoms with van der Waals surface area (Å²) in [6.07, 6.45) is 4.60. The number of halogens is 1. The molecule has 0 atom stereocenters. The molecule has 0 fully saturated rings. The van der Waals surface area contributed by atoms with Crippen LogP contribution in [0.1, 0.15) is 60.1 Å². The number of aryl methyl sites for hydroxylation is 2. The summed E-state index contributed by atoms with van der Waals surface area (Å²) in [6, 6.07) is 2.25. The summed E-state index contributed by atoms with van der Waals surface area (Å²) in [5.41, 5.74) is 3.50. The maximum Gasteiger partial charge on any atom is 0.262 e. The van der Waals surface area contributed by atoms with Gasteiger partial charge in [0.15, 0.2) is 0 Å². The van der Waals surface area contributed by atoms with Crippen LogP contribution in [0.3, 0.4) is 0 Å². The molecular formula is C16H18ClNOS. The molecule has 0 saturated heterocycles. The van der Waals surface area contributed by atoms with Crippen molar-refractivity contribution in [3.8, 4) is 0 Å². The Bertz CT molecular complexity index is 697. The van der Waals surface area contributed by atoms with Crippen molar-refractivity contribution < 1.29 is 4.79 Å². The van der Waals surface area contributed by atoms with Gasteiger partial charge in [-0.25, -0.2) is 4.98 Å². The van der Waals surface area contributed by atoms with Crippen molar-refractivity contribution in [3.05, 3.63) is 27.8 Å². The van der Waals surface area contributed by atoms with E-state index in [-0.39, 0.29) is 10.7 Å². The van der Waals surface area contributed by atoms with Crippen LogP contribution in [-0.4, -0.2) is 10.2 Å². The monoisotopic (exact) mass is 307 g/mol. The highest BCUT2D eigenvalue weighted by Gasteiger charge is 2.28. The minimum Gasteiger partial charge on any atom is -0.275 e. The zero-order valence-corrected chi connectivity index (χ0v) is 13.6. The van der Waals surface area contributed by atoms with Gasteiger partial charge in [0.25, 0.3) is 5.24 Å². The average molecular weight is 308 g/mol. The van der Waals surface area contributed by atoms with E-state index in [0.29, 0.717) is 4.88 Å². The Morgan fingerprint density at radius 2 is 2.00 bits per heavy atom. The fraction of sp³-hybridized carbons (Fsp3) is 0.500. The molecule has 20 heavy (non-hydrogen) atoms. The summed E-state index contributed by atoms with van der Waals surface area (Å²) < 4.78 is 0. The Hall–Kier alpha value is -0.930. The van der Waals surface area contributed by atoms with Gasteiger partial charge in [-0.05, 0) is 59.9 Å². The minimum absolute atomic E-state index is 0.108. The van der Waals surface area contributed by atoms with Gasteiger partial charge in [0.05, 0.1) is 4.88 Å². The van der Waals surface area contributed by atoms with Gasteiger partial charge in [0.1, 0.15) is 4.83 Å². The molecule has 2 aromatic rings. The number of carbonyl (C=O) groups is 1. The molecule has 1 aliphatic carbocycles. The molecular weight excluding hydrogens is 290 g/mol. The largest absolute Gasteiger partial charge is 0.275 e. The van der Waals surface area contributed by atoms with E-state index in [2.05, 4.69) is 26.8 Å². The molecule has 0 bridgehead atoms. The van der Waals surface area contributed by atoms with Crippen LogP contribution in [-0.2, 0) is 18.3 Å². The molecule has 0 saturated carbocycles. The molecule has 0 aromatic carbocycles. The van der Waals surface area contributed by atoms with Crippen molar-refractivity contribution in [3.63, 3.8) is 0 Å². The van der Waals surface area contributed by atoms with Gasteiger partial charge < -0.3 is 0 Å². The fourth-order valence-corrected chi connectivity index (χ4v) is 4.45. The van der Waals surface area contributed by atoms with E-state index in [1.807, 2.05) is 0 Å². The average Bonchev–Trinajstić information content (AvgIpc) is 2.74. The van der Waals surface area contributed by atoms with Crippen molar-refractivity contribution in [2.24, 2.45) is 0 Å². The van der Waals surface area contributed by atoms with Crippen molar-refractivity contribution in [1.82, 2.24) is 4.98 Å². The maximum absolute atomic E-state index is 11.8. The number of nitrogens with zero attached hydrogens (tertiary/aromatic N) is 1. The quantitative estimate of drug-likeness (QED) is 0.705. The Kier molecular flexibility index (Phi) is 3.38. The first-order chi connectivity index (χ1) is 9.38. The highest BCUT2D eigenvalue weighted by atomic mass is 35.5. The van der Waals surface area contributed by atoms with E-state index >= 15 is 0 Å². The van der Waals surface area contributed by atoms with Gasteiger partial charge >= 0.3 is 0 Å². The van der Waals surface area contributed by atoms with E-state index in [0.717, 1.165) is 28.6 Å². The number of fused-ring (bicyclic) bond motifs is 2. The first-order valence-corrected chi connectivity index (χ1v) is 8.23. The normalized spacial score (nSPS) is 15.4. The smallest absolute Gasteiger partial charge is 0.262 e. The summed E-state index contributed by atoms with van der Waals surface area (Å²) in [5.74, 6) is 0. The summed E-state index contributed by atoms with van der Waals surface area (Å²) in [5, 5.41) is 0.753. The van der Waals surface area contributed by atoms with E-state index in [1.54, 1.807) is 0 Å². The van der Waals surface area contributed by atoms with Crippen molar-refractivity contribution in [1.29, 1.82) is 0 Å². The Labute approximate surface area is 128 Å². The number of hydrogen-bond acceptors (Lipinski definition) is 3. The third kappa shape index (κ3) is 2.27. The van der Waals surface area contributed by atoms with Gasteiger partial charge in [0, 0.05) is 11.1 Å². The van der Waals surface area contributed by atoms with E-state index < -0.39 is 0 Å². The SMILES string of the molecule is CC(C)(C)c1c(C(=O)Cl)sc2nc3c(cc12)CCCC3. The van der Waals surface area contributed by atoms with Crippen LogP contribution in [0.4, 0.5) is 0 Å². The molecule has 3 rings (SSSR count). The van der Waals surface area contributed by atoms with Gasteiger partial charge in [0.2, 0.25) is 0 Å². The number of pyridine rings is 1. The second-order valence-corrected chi connectivity index (χ2v) is 7.83. The van der Waals surface area contributed by atoms with E-state index in [4.69, 9.17) is 16.6 Å². The molecule has 1 aliphatic rings. The van der Waals surface area contributed by atoms with E-state index in [9.17, 15) is 4.79 Å². The molecule has 0 aliphatic heterocycles. The van der Waals surface area contributed by atoms with Crippen molar-refractivity contribution >= 4 is 38.4 Å². The summed E-state index contributed by atoms with van der Waals surface area (Å²) in [6.45, 7) is 6.37. The number of carbonyl (C=O) groups excluding carboxylic acids is 1. The molecule has 0 unspecified atom stereocenters. The van der Waals surface area contributed by atoms with Gasteiger partial charge in [-0.2, -0.15) is 0 Å². The van der Waals surface area contributed by atoms with Crippen LogP contribution in [0.5, 0.6) is 0 Å². The standard InChI is InChI=1S/C16H18ClNOS/c1-16(2,3)12-10-8-9-6-4-5-7-11(9)18-15(10)20-13(12)14(17)19/h8H,4-7H2,1-3H3.